The maximum atomic E-state index is 13.2. The van der Waals surface area contributed by atoms with Crippen molar-refractivity contribution < 1.29 is 40.7 Å². The number of nitrogens with zero attached hydrogens (tertiary/aromatic N) is 3. The van der Waals surface area contributed by atoms with E-state index in [4.69, 9.17) is 4.74 Å². The first-order valence-electron chi connectivity index (χ1n) is 10.7. The number of hydrogen-bond acceptors (Lipinski definition) is 4. The topological polar surface area (TPSA) is 76.5 Å². The summed E-state index contributed by atoms with van der Waals surface area (Å²) in [5.41, 5.74) is -3.87. The molecule has 3 rings (SSSR count). The van der Waals surface area contributed by atoms with Crippen LogP contribution in [-0.2, 0) is 21.9 Å². The first-order valence-corrected chi connectivity index (χ1v) is 10.7. The number of carbonyl (C=O) groups excluding carboxylic acids is 2. The minimum Gasteiger partial charge on any atom is -0.444 e. The lowest BCUT2D eigenvalue weighted by Crippen LogP contribution is -2.43. The Hall–Kier alpha value is -3.25. The maximum absolute atomic E-state index is 13.2. The number of halogens is 6. The van der Waals surface area contributed by atoms with Gasteiger partial charge in [0.15, 0.2) is 5.69 Å². The summed E-state index contributed by atoms with van der Waals surface area (Å²) in [6.07, 6.45) is -9.77. The molecule has 0 bridgehead atoms. The van der Waals surface area contributed by atoms with E-state index in [1.54, 1.807) is 20.8 Å². The molecule has 2 amide bonds. The average Bonchev–Trinajstić information content (AvgIpc) is 3.20. The van der Waals surface area contributed by atoms with Crippen LogP contribution >= 0.6 is 0 Å². The van der Waals surface area contributed by atoms with Gasteiger partial charge in [-0.05, 0) is 57.9 Å². The van der Waals surface area contributed by atoms with Gasteiger partial charge in [0.05, 0.1) is 5.69 Å². The summed E-state index contributed by atoms with van der Waals surface area (Å²) in [7, 11) is 0. The van der Waals surface area contributed by atoms with Crippen molar-refractivity contribution in [3.63, 3.8) is 0 Å². The highest BCUT2D eigenvalue weighted by Gasteiger charge is 2.42. The van der Waals surface area contributed by atoms with Crippen LogP contribution in [0.4, 0.5) is 36.8 Å². The standard InChI is InChI=1S/C22H24F6N4O3/c1-20(2,3)35-19(34)31-10-8-13(9-11-31)18(33)29-14-4-6-15(7-5-14)32-17(22(26,27)28)12-16(30-32)21(23,24)25/h4-7,12-13H,8-11H2,1-3H3,(H,29,33). The van der Waals surface area contributed by atoms with Crippen LogP contribution in [-0.4, -0.2) is 45.4 Å². The fraction of sp³-hybridized carbons (Fsp3) is 0.500. The summed E-state index contributed by atoms with van der Waals surface area (Å²) in [6.45, 7) is 5.91. The number of piperidine rings is 1. The predicted octanol–water partition coefficient (Wildman–Crippen LogP) is 5.50. The lowest BCUT2D eigenvalue weighted by atomic mass is 9.96. The van der Waals surface area contributed by atoms with Crippen LogP contribution < -0.4 is 5.32 Å². The number of nitrogens with one attached hydrogen (secondary N) is 1. The normalized spacial score (nSPS) is 15.7. The van der Waals surface area contributed by atoms with Gasteiger partial charge >= 0.3 is 18.4 Å². The van der Waals surface area contributed by atoms with Gasteiger partial charge in [0, 0.05) is 30.8 Å². The zero-order valence-electron chi connectivity index (χ0n) is 19.1. The Morgan fingerprint density at radius 2 is 1.54 bits per heavy atom. The molecule has 1 aliphatic rings. The fourth-order valence-electron chi connectivity index (χ4n) is 3.50. The molecule has 1 aromatic carbocycles. The minimum atomic E-state index is -5.06. The van der Waals surface area contributed by atoms with E-state index in [-0.39, 0.29) is 28.0 Å². The van der Waals surface area contributed by atoms with Crippen molar-refractivity contribution in [1.82, 2.24) is 14.7 Å². The molecule has 0 unspecified atom stereocenters. The summed E-state index contributed by atoms with van der Waals surface area (Å²) in [6, 6.07) is 4.75. The number of likely N-dealkylation sites (tertiary alicyclic amines) is 1. The van der Waals surface area contributed by atoms with E-state index >= 15 is 0 Å². The minimum absolute atomic E-state index is 0.0562. The zero-order chi connectivity index (χ0) is 26.2. The molecule has 0 aliphatic carbocycles. The van der Waals surface area contributed by atoms with Gasteiger partial charge in [-0.2, -0.15) is 31.4 Å². The van der Waals surface area contributed by atoms with Crippen LogP contribution in [0.1, 0.15) is 45.0 Å². The largest absolute Gasteiger partial charge is 0.444 e. The summed E-state index contributed by atoms with van der Waals surface area (Å²) in [5, 5.41) is 5.71. The highest BCUT2D eigenvalue weighted by molar-refractivity contribution is 5.92. The lowest BCUT2D eigenvalue weighted by Gasteiger charge is -2.32. The summed E-state index contributed by atoms with van der Waals surface area (Å²) < 4.78 is 83.9. The van der Waals surface area contributed by atoms with Crippen LogP contribution in [0.3, 0.4) is 0 Å². The molecule has 1 N–H and O–H groups in total. The molecule has 0 saturated carbocycles. The van der Waals surface area contributed by atoms with Crippen molar-refractivity contribution in [3.05, 3.63) is 41.7 Å². The Kier molecular flexibility index (Phi) is 7.09. The second-order valence-electron chi connectivity index (χ2n) is 9.10. The fourth-order valence-corrected chi connectivity index (χ4v) is 3.50. The second kappa shape index (κ2) is 9.42. The number of carbonyl (C=O) groups is 2. The van der Waals surface area contributed by atoms with Crippen molar-refractivity contribution in [2.24, 2.45) is 5.92 Å². The maximum Gasteiger partial charge on any atom is 0.435 e. The average molecular weight is 506 g/mol. The Labute approximate surface area is 197 Å². The molecule has 0 atom stereocenters. The smallest absolute Gasteiger partial charge is 0.435 e. The zero-order valence-corrected chi connectivity index (χ0v) is 19.1. The van der Waals surface area contributed by atoms with Crippen LogP contribution in [0, 0.1) is 5.92 Å². The van der Waals surface area contributed by atoms with Crippen molar-refractivity contribution in [2.75, 3.05) is 18.4 Å². The molecule has 7 nitrogen and oxygen atoms in total. The molecule has 1 aliphatic heterocycles. The van der Waals surface area contributed by atoms with E-state index in [2.05, 4.69) is 10.4 Å². The van der Waals surface area contributed by atoms with E-state index in [1.165, 1.54) is 17.0 Å². The van der Waals surface area contributed by atoms with Crippen LogP contribution in [0.25, 0.3) is 5.69 Å². The number of ether oxygens (including phenoxy) is 1. The number of anilines is 1. The number of alkyl halides is 6. The van der Waals surface area contributed by atoms with Crippen LogP contribution in [0.5, 0.6) is 0 Å². The molecular weight excluding hydrogens is 482 g/mol. The summed E-state index contributed by atoms with van der Waals surface area (Å²) in [4.78, 5) is 26.2. The molecule has 1 aromatic heterocycles. The molecule has 1 saturated heterocycles. The number of hydrogen-bond donors (Lipinski definition) is 1. The van der Waals surface area contributed by atoms with Crippen molar-refractivity contribution in [2.45, 2.75) is 51.6 Å². The summed E-state index contributed by atoms with van der Waals surface area (Å²) >= 11 is 0. The van der Waals surface area contributed by atoms with Crippen LogP contribution in [0.15, 0.2) is 30.3 Å². The number of rotatable bonds is 3. The van der Waals surface area contributed by atoms with Crippen molar-refractivity contribution in [3.8, 4) is 5.69 Å². The molecule has 2 heterocycles. The van der Waals surface area contributed by atoms with Gasteiger partial charge in [-0.25, -0.2) is 9.48 Å². The van der Waals surface area contributed by atoms with E-state index in [0.29, 0.717) is 25.9 Å². The number of aromatic nitrogens is 2. The molecule has 192 valence electrons. The Morgan fingerprint density at radius 1 is 0.971 bits per heavy atom. The number of amides is 2. The molecule has 2 aromatic rings. The van der Waals surface area contributed by atoms with Crippen molar-refractivity contribution >= 4 is 17.7 Å². The second-order valence-corrected chi connectivity index (χ2v) is 9.10. The van der Waals surface area contributed by atoms with Gasteiger partial charge in [0.1, 0.15) is 11.3 Å². The van der Waals surface area contributed by atoms with Gasteiger partial charge in [-0.3, -0.25) is 4.79 Å². The van der Waals surface area contributed by atoms with E-state index in [9.17, 15) is 35.9 Å². The predicted molar refractivity (Wildman–Crippen MR) is 113 cm³/mol. The van der Waals surface area contributed by atoms with Gasteiger partial charge < -0.3 is 15.0 Å². The van der Waals surface area contributed by atoms with Crippen LogP contribution in [0.2, 0.25) is 0 Å². The summed E-state index contributed by atoms with van der Waals surface area (Å²) in [5.74, 6) is -0.735. The quantitative estimate of drug-likeness (QED) is 0.559. The van der Waals surface area contributed by atoms with Crippen molar-refractivity contribution in [1.29, 1.82) is 0 Å². The van der Waals surface area contributed by atoms with E-state index in [1.807, 2.05) is 0 Å². The molecule has 0 spiro atoms. The highest BCUT2D eigenvalue weighted by atomic mass is 19.4. The third-order valence-electron chi connectivity index (χ3n) is 5.19. The Balaban J connectivity index is 1.65. The molecule has 13 heteroatoms. The Morgan fingerprint density at radius 3 is 2.03 bits per heavy atom. The lowest BCUT2D eigenvalue weighted by molar-refractivity contribution is -0.143. The Bertz CT molecular complexity index is 1060. The third-order valence-corrected chi connectivity index (χ3v) is 5.19. The monoisotopic (exact) mass is 506 g/mol. The number of benzene rings is 1. The van der Waals surface area contributed by atoms with Gasteiger partial charge in [0.2, 0.25) is 5.91 Å². The van der Waals surface area contributed by atoms with Gasteiger partial charge in [-0.15, -0.1) is 0 Å². The first-order chi connectivity index (χ1) is 16.0. The highest BCUT2D eigenvalue weighted by Crippen LogP contribution is 2.36. The SMILES string of the molecule is CC(C)(C)OC(=O)N1CCC(C(=O)Nc2ccc(-n3nc(C(F)(F)F)cc3C(F)(F)F)cc2)CC1. The molecule has 1 fully saturated rings. The molecule has 0 radical (unpaired) electrons. The first kappa shape index (κ1) is 26.4. The van der Waals surface area contributed by atoms with Gasteiger partial charge in [0.25, 0.3) is 0 Å². The third kappa shape index (κ3) is 6.67. The van der Waals surface area contributed by atoms with Gasteiger partial charge in [-0.1, -0.05) is 0 Å². The molecular formula is C22H24F6N4O3. The molecule has 35 heavy (non-hydrogen) atoms. The van der Waals surface area contributed by atoms with E-state index in [0.717, 1.165) is 12.1 Å². The van der Waals surface area contributed by atoms with E-state index < -0.39 is 41.4 Å².